The van der Waals surface area contributed by atoms with Crippen LogP contribution in [0.2, 0.25) is 0 Å². The summed E-state index contributed by atoms with van der Waals surface area (Å²) in [5, 5.41) is 0. The Bertz CT molecular complexity index is 377. The van der Waals surface area contributed by atoms with Crippen LogP contribution in [0.3, 0.4) is 0 Å². The number of benzene rings is 1. The van der Waals surface area contributed by atoms with Gasteiger partial charge in [-0.1, -0.05) is 0 Å². The van der Waals surface area contributed by atoms with Crippen LogP contribution in [0.1, 0.15) is 18.1 Å². The summed E-state index contributed by atoms with van der Waals surface area (Å²) in [4.78, 5) is 11.2. The second kappa shape index (κ2) is 5.16. The van der Waals surface area contributed by atoms with E-state index >= 15 is 0 Å². The summed E-state index contributed by atoms with van der Waals surface area (Å²) in [6.45, 7) is 3.34. The van der Waals surface area contributed by atoms with Crippen LogP contribution >= 0.6 is 11.8 Å². The molecule has 0 fully saturated rings. The molecule has 0 aliphatic carbocycles. The van der Waals surface area contributed by atoms with E-state index in [2.05, 4.69) is 0 Å². The van der Waals surface area contributed by atoms with Crippen molar-refractivity contribution in [2.24, 2.45) is 0 Å². The summed E-state index contributed by atoms with van der Waals surface area (Å²) >= 11 is 1.36. The van der Waals surface area contributed by atoms with Crippen LogP contribution in [0.15, 0.2) is 17.0 Å². The molecular formula is C11H13FO2S. The van der Waals surface area contributed by atoms with Gasteiger partial charge in [0.25, 0.3) is 0 Å². The molecule has 1 rings (SSSR count). The van der Waals surface area contributed by atoms with E-state index in [-0.39, 0.29) is 18.4 Å². The molecule has 15 heavy (non-hydrogen) atoms. The highest BCUT2D eigenvalue weighted by Crippen LogP contribution is 2.23. The molecule has 0 amide bonds. The fourth-order valence-electron chi connectivity index (χ4n) is 1.19. The topological polar surface area (TPSA) is 26.3 Å². The monoisotopic (exact) mass is 228 g/mol. The third kappa shape index (κ3) is 3.23. The van der Waals surface area contributed by atoms with Crippen molar-refractivity contribution in [3.63, 3.8) is 0 Å². The van der Waals surface area contributed by atoms with Gasteiger partial charge in [0.2, 0.25) is 0 Å². The molecule has 0 unspecified atom stereocenters. The van der Waals surface area contributed by atoms with E-state index in [4.69, 9.17) is 4.74 Å². The predicted octanol–water partition coefficient (Wildman–Crippen LogP) is 2.92. The molecule has 0 aliphatic heterocycles. The van der Waals surface area contributed by atoms with Crippen LogP contribution in [-0.2, 0) is 16.1 Å². The number of carbonyl (C=O) groups is 1. The van der Waals surface area contributed by atoms with Crippen molar-refractivity contribution in [2.45, 2.75) is 25.3 Å². The molecular weight excluding hydrogens is 215 g/mol. The van der Waals surface area contributed by atoms with Gasteiger partial charge in [-0.05, 0) is 36.4 Å². The zero-order chi connectivity index (χ0) is 11.4. The van der Waals surface area contributed by atoms with Crippen molar-refractivity contribution >= 4 is 17.7 Å². The van der Waals surface area contributed by atoms with Gasteiger partial charge in [0, 0.05) is 11.8 Å². The smallest absolute Gasteiger partial charge is 0.302 e. The molecule has 0 spiro atoms. The summed E-state index contributed by atoms with van der Waals surface area (Å²) in [7, 11) is 0. The van der Waals surface area contributed by atoms with Crippen molar-refractivity contribution in [3.05, 3.63) is 29.1 Å². The maximum atomic E-state index is 13.4. The zero-order valence-electron chi connectivity index (χ0n) is 8.96. The number of rotatable bonds is 3. The fourth-order valence-corrected chi connectivity index (χ4v) is 1.74. The lowest BCUT2D eigenvalue weighted by Crippen LogP contribution is -2.01. The second-order valence-electron chi connectivity index (χ2n) is 3.19. The van der Waals surface area contributed by atoms with Crippen LogP contribution < -0.4 is 0 Å². The Balaban J connectivity index is 2.90. The van der Waals surface area contributed by atoms with Crippen LogP contribution in [0, 0.1) is 12.7 Å². The standard InChI is InChI=1S/C11H13FO2S/c1-7-4-11(15-3)10(12)5-9(7)6-14-8(2)13/h4-5H,6H2,1-3H3. The molecule has 0 saturated carbocycles. The summed E-state index contributed by atoms with van der Waals surface area (Å²) in [6, 6.07) is 3.18. The summed E-state index contributed by atoms with van der Waals surface area (Å²) in [5.41, 5.74) is 1.64. The third-order valence-corrected chi connectivity index (χ3v) is 2.79. The lowest BCUT2D eigenvalue weighted by atomic mass is 10.1. The minimum atomic E-state index is -0.358. The predicted molar refractivity (Wildman–Crippen MR) is 58.4 cm³/mol. The molecule has 0 bridgehead atoms. The molecule has 1 aromatic carbocycles. The molecule has 2 nitrogen and oxygen atoms in total. The largest absolute Gasteiger partial charge is 0.461 e. The van der Waals surface area contributed by atoms with E-state index in [0.29, 0.717) is 10.5 Å². The molecule has 0 N–H and O–H groups in total. The van der Waals surface area contributed by atoms with Crippen LogP contribution in [0.4, 0.5) is 4.39 Å². The number of thioether (sulfide) groups is 1. The van der Waals surface area contributed by atoms with Crippen molar-refractivity contribution < 1.29 is 13.9 Å². The minimum Gasteiger partial charge on any atom is -0.461 e. The minimum absolute atomic E-state index is 0.132. The lowest BCUT2D eigenvalue weighted by molar-refractivity contribution is -0.142. The van der Waals surface area contributed by atoms with Crippen molar-refractivity contribution in [1.29, 1.82) is 0 Å². The molecule has 82 valence electrons. The number of hydrogen-bond acceptors (Lipinski definition) is 3. The number of aryl methyl sites for hydroxylation is 1. The van der Waals surface area contributed by atoms with Gasteiger partial charge in [0.15, 0.2) is 0 Å². The van der Waals surface area contributed by atoms with Gasteiger partial charge in [0.05, 0.1) is 0 Å². The van der Waals surface area contributed by atoms with Gasteiger partial charge in [-0.25, -0.2) is 4.39 Å². The Morgan fingerprint density at radius 3 is 2.73 bits per heavy atom. The van der Waals surface area contributed by atoms with Gasteiger partial charge in [-0.3, -0.25) is 4.79 Å². The molecule has 0 aliphatic rings. The van der Waals surface area contributed by atoms with Crippen LogP contribution in [0.5, 0.6) is 0 Å². The van der Waals surface area contributed by atoms with E-state index < -0.39 is 0 Å². The highest BCUT2D eigenvalue weighted by atomic mass is 32.2. The maximum absolute atomic E-state index is 13.4. The second-order valence-corrected chi connectivity index (χ2v) is 4.04. The third-order valence-electron chi connectivity index (χ3n) is 2.04. The first-order valence-electron chi connectivity index (χ1n) is 4.51. The molecule has 1 aromatic rings. The van der Waals surface area contributed by atoms with E-state index in [0.717, 1.165) is 5.56 Å². The zero-order valence-corrected chi connectivity index (χ0v) is 9.78. The maximum Gasteiger partial charge on any atom is 0.302 e. The molecule has 0 radical (unpaired) electrons. The number of carbonyl (C=O) groups excluding carboxylic acids is 1. The first-order chi connectivity index (χ1) is 7.04. The highest BCUT2D eigenvalue weighted by molar-refractivity contribution is 7.98. The molecule has 4 heteroatoms. The van der Waals surface area contributed by atoms with Gasteiger partial charge in [-0.15, -0.1) is 11.8 Å². The number of hydrogen-bond donors (Lipinski definition) is 0. The van der Waals surface area contributed by atoms with E-state index in [9.17, 15) is 9.18 Å². The van der Waals surface area contributed by atoms with Crippen molar-refractivity contribution in [2.75, 3.05) is 6.26 Å². The SMILES string of the molecule is CSc1cc(C)c(COC(C)=O)cc1F. The quantitative estimate of drug-likeness (QED) is 0.587. The molecule has 0 aromatic heterocycles. The Morgan fingerprint density at radius 1 is 1.53 bits per heavy atom. The Hall–Kier alpha value is -1.03. The van der Waals surface area contributed by atoms with Crippen LogP contribution in [-0.4, -0.2) is 12.2 Å². The van der Waals surface area contributed by atoms with E-state index in [1.807, 2.05) is 13.2 Å². The van der Waals surface area contributed by atoms with E-state index in [1.54, 1.807) is 6.07 Å². The summed E-state index contributed by atoms with van der Waals surface area (Å²) < 4.78 is 18.2. The van der Waals surface area contributed by atoms with Gasteiger partial charge in [-0.2, -0.15) is 0 Å². The number of esters is 1. The number of ether oxygens (including phenoxy) is 1. The normalized spacial score (nSPS) is 10.1. The first-order valence-corrected chi connectivity index (χ1v) is 5.73. The average Bonchev–Trinajstić information content (AvgIpc) is 2.18. The summed E-state index contributed by atoms with van der Waals surface area (Å²) in [6.07, 6.45) is 1.82. The van der Waals surface area contributed by atoms with Crippen molar-refractivity contribution in [1.82, 2.24) is 0 Å². The Labute approximate surface area is 92.8 Å². The van der Waals surface area contributed by atoms with Gasteiger partial charge >= 0.3 is 5.97 Å². The van der Waals surface area contributed by atoms with Gasteiger partial charge in [0.1, 0.15) is 12.4 Å². The van der Waals surface area contributed by atoms with E-state index in [1.165, 1.54) is 24.8 Å². The van der Waals surface area contributed by atoms with Crippen LogP contribution in [0.25, 0.3) is 0 Å². The first kappa shape index (κ1) is 12.0. The molecule has 0 atom stereocenters. The number of halogens is 1. The average molecular weight is 228 g/mol. The summed E-state index contributed by atoms with van der Waals surface area (Å²) in [5.74, 6) is -0.626. The van der Waals surface area contributed by atoms with Crippen molar-refractivity contribution in [3.8, 4) is 0 Å². The Morgan fingerprint density at radius 2 is 2.20 bits per heavy atom. The molecule has 0 heterocycles. The lowest BCUT2D eigenvalue weighted by Gasteiger charge is -2.08. The highest BCUT2D eigenvalue weighted by Gasteiger charge is 2.07. The Kier molecular flexibility index (Phi) is 4.15. The van der Waals surface area contributed by atoms with Gasteiger partial charge < -0.3 is 4.74 Å². The molecule has 0 saturated heterocycles. The fraction of sp³-hybridized carbons (Fsp3) is 0.364.